The Hall–Kier alpha value is -2.66. The molecule has 1 saturated heterocycles. The fourth-order valence-corrected chi connectivity index (χ4v) is 3.51. The third-order valence-corrected chi connectivity index (χ3v) is 5.37. The van der Waals surface area contributed by atoms with E-state index in [4.69, 9.17) is 0 Å². The van der Waals surface area contributed by atoms with E-state index in [0.717, 1.165) is 43.6 Å². The van der Waals surface area contributed by atoms with E-state index in [2.05, 4.69) is 83.6 Å². The molecular weight excluding hydrogens is 358 g/mol. The van der Waals surface area contributed by atoms with Gasteiger partial charge in [-0.2, -0.15) is 0 Å². The van der Waals surface area contributed by atoms with Crippen molar-refractivity contribution in [2.24, 2.45) is 0 Å². The van der Waals surface area contributed by atoms with Crippen molar-refractivity contribution in [3.63, 3.8) is 0 Å². The van der Waals surface area contributed by atoms with Crippen LogP contribution < -0.4 is 10.6 Å². The molecule has 0 saturated carbocycles. The molecule has 0 bridgehead atoms. The van der Waals surface area contributed by atoms with Crippen LogP contribution in [-0.2, 0) is 6.54 Å². The second kappa shape index (κ2) is 10.2. The number of hydrogen-bond acceptors (Lipinski definition) is 5. The van der Waals surface area contributed by atoms with E-state index in [9.17, 15) is 0 Å². The fraction of sp³-hybridized carbons (Fsp3) is 0.417. The van der Waals surface area contributed by atoms with Crippen molar-refractivity contribution < 1.29 is 0 Å². The number of nitrogens with one attached hydrogen (secondary N) is 2. The number of hydrogen-bond donors (Lipinski definition) is 2. The SMILES string of the molecule is C\C=C(NCc1ccc2nccnc2c1)/C(=C\C=C(/C)CC)N1CCNC(C)C1. The average molecular weight is 392 g/mol. The predicted octanol–water partition coefficient (Wildman–Crippen LogP) is 4.16. The molecule has 1 atom stereocenters. The summed E-state index contributed by atoms with van der Waals surface area (Å²) in [6.07, 6.45) is 11.2. The Morgan fingerprint density at radius 3 is 2.76 bits per heavy atom. The van der Waals surface area contributed by atoms with Crippen LogP contribution in [0.5, 0.6) is 0 Å². The van der Waals surface area contributed by atoms with Crippen LogP contribution in [0.2, 0.25) is 0 Å². The number of aromatic nitrogens is 2. The van der Waals surface area contributed by atoms with Crippen molar-refractivity contribution in [2.75, 3.05) is 19.6 Å². The third kappa shape index (κ3) is 5.67. The van der Waals surface area contributed by atoms with Gasteiger partial charge in [0.1, 0.15) is 0 Å². The van der Waals surface area contributed by atoms with E-state index >= 15 is 0 Å². The minimum Gasteiger partial charge on any atom is -0.380 e. The summed E-state index contributed by atoms with van der Waals surface area (Å²) in [5.41, 5.74) is 6.87. The Bertz CT molecular complexity index is 912. The lowest BCUT2D eigenvalue weighted by Gasteiger charge is -2.36. The molecule has 1 aliphatic rings. The molecule has 5 nitrogen and oxygen atoms in total. The molecule has 0 aliphatic carbocycles. The van der Waals surface area contributed by atoms with E-state index in [1.165, 1.54) is 22.5 Å². The van der Waals surface area contributed by atoms with Crippen LogP contribution in [-0.4, -0.2) is 40.5 Å². The Labute approximate surface area is 174 Å². The number of nitrogens with zero attached hydrogens (tertiary/aromatic N) is 3. The predicted molar refractivity (Wildman–Crippen MR) is 121 cm³/mol. The zero-order chi connectivity index (χ0) is 20.6. The van der Waals surface area contributed by atoms with Crippen molar-refractivity contribution in [3.8, 4) is 0 Å². The lowest BCUT2D eigenvalue weighted by Crippen LogP contribution is -2.49. The maximum absolute atomic E-state index is 4.43. The summed E-state index contributed by atoms with van der Waals surface area (Å²) >= 11 is 0. The van der Waals surface area contributed by atoms with E-state index in [-0.39, 0.29) is 0 Å². The van der Waals surface area contributed by atoms with Crippen molar-refractivity contribution in [1.82, 2.24) is 25.5 Å². The number of benzene rings is 1. The van der Waals surface area contributed by atoms with E-state index in [0.29, 0.717) is 6.04 Å². The van der Waals surface area contributed by atoms with Gasteiger partial charge in [0.15, 0.2) is 0 Å². The lowest BCUT2D eigenvalue weighted by atomic mass is 10.1. The molecule has 1 aromatic heterocycles. The molecular formula is C24H33N5. The first kappa shape index (κ1) is 21.1. The number of piperazine rings is 1. The smallest absolute Gasteiger partial charge is 0.0890 e. The number of allylic oxidation sites excluding steroid dienone is 4. The highest BCUT2D eigenvalue weighted by molar-refractivity contribution is 5.74. The summed E-state index contributed by atoms with van der Waals surface area (Å²) in [4.78, 5) is 11.3. The first-order valence-corrected chi connectivity index (χ1v) is 10.6. The highest BCUT2D eigenvalue weighted by atomic mass is 15.2. The highest BCUT2D eigenvalue weighted by Gasteiger charge is 2.19. The molecule has 1 aliphatic heterocycles. The second-order valence-corrected chi connectivity index (χ2v) is 7.65. The van der Waals surface area contributed by atoms with Gasteiger partial charge in [-0.1, -0.05) is 30.7 Å². The Kier molecular flexibility index (Phi) is 7.42. The van der Waals surface area contributed by atoms with Crippen molar-refractivity contribution in [3.05, 3.63) is 71.4 Å². The van der Waals surface area contributed by atoms with Gasteiger partial charge in [0.25, 0.3) is 0 Å². The average Bonchev–Trinajstić information content (AvgIpc) is 2.75. The molecule has 1 fully saturated rings. The van der Waals surface area contributed by atoms with Crippen LogP contribution >= 0.6 is 0 Å². The minimum atomic E-state index is 0.487. The molecule has 2 aromatic rings. The summed E-state index contributed by atoms with van der Waals surface area (Å²) in [5, 5.41) is 7.20. The summed E-state index contributed by atoms with van der Waals surface area (Å²) < 4.78 is 0. The van der Waals surface area contributed by atoms with Crippen LogP contribution in [0.3, 0.4) is 0 Å². The normalized spacial score (nSPS) is 19.0. The molecule has 2 heterocycles. The van der Waals surface area contributed by atoms with Gasteiger partial charge in [0.2, 0.25) is 0 Å². The van der Waals surface area contributed by atoms with Gasteiger partial charge in [0, 0.05) is 44.6 Å². The third-order valence-electron chi connectivity index (χ3n) is 5.37. The lowest BCUT2D eigenvalue weighted by molar-refractivity contribution is 0.257. The van der Waals surface area contributed by atoms with Crippen molar-refractivity contribution in [1.29, 1.82) is 0 Å². The monoisotopic (exact) mass is 391 g/mol. The minimum absolute atomic E-state index is 0.487. The molecule has 29 heavy (non-hydrogen) atoms. The summed E-state index contributed by atoms with van der Waals surface area (Å²) in [7, 11) is 0. The second-order valence-electron chi connectivity index (χ2n) is 7.65. The Morgan fingerprint density at radius 2 is 2.03 bits per heavy atom. The summed E-state index contributed by atoms with van der Waals surface area (Å²) in [5.74, 6) is 0. The van der Waals surface area contributed by atoms with Crippen LogP contribution in [0.15, 0.2) is 65.8 Å². The summed E-state index contributed by atoms with van der Waals surface area (Å²) in [6.45, 7) is 12.5. The molecule has 2 N–H and O–H groups in total. The highest BCUT2D eigenvalue weighted by Crippen LogP contribution is 2.18. The quantitative estimate of drug-likeness (QED) is 0.694. The molecule has 1 aromatic carbocycles. The zero-order valence-electron chi connectivity index (χ0n) is 18.1. The molecule has 1 unspecified atom stereocenters. The van der Waals surface area contributed by atoms with Gasteiger partial charge in [-0.05, 0) is 51.0 Å². The molecule has 3 rings (SSSR count). The topological polar surface area (TPSA) is 53.1 Å². The van der Waals surface area contributed by atoms with Gasteiger partial charge in [-0.15, -0.1) is 0 Å². The van der Waals surface area contributed by atoms with Crippen LogP contribution in [0.4, 0.5) is 0 Å². The van der Waals surface area contributed by atoms with Gasteiger partial charge in [-0.3, -0.25) is 9.97 Å². The van der Waals surface area contributed by atoms with E-state index in [1.54, 1.807) is 12.4 Å². The summed E-state index contributed by atoms with van der Waals surface area (Å²) in [6, 6.07) is 6.76. The largest absolute Gasteiger partial charge is 0.380 e. The van der Waals surface area contributed by atoms with Gasteiger partial charge < -0.3 is 15.5 Å². The van der Waals surface area contributed by atoms with Crippen LogP contribution in [0.1, 0.15) is 39.7 Å². The Morgan fingerprint density at radius 1 is 1.24 bits per heavy atom. The number of rotatable bonds is 7. The number of fused-ring (bicyclic) bond motifs is 1. The molecule has 0 radical (unpaired) electrons. The van der Waals surface area contributed by atoms with Crippen molar-refractivity contribution >= 4 is 11.0 Å². The van der Waals surface area contributed by atoms with Gasteiger partial charge in [0.05, 0.1) is 22.4 Å². The van der Waals surface area contributed by atoms with E-state index in [1.807, 2.05) is 6.07 Å². The maximum atomic E-state index is 4.43. The van der Waals surface area contributed by atoms with Crippen LogP contribution in [0, 0.1) is 0 Å². The first-order chi connectivity index (χ1) is 14.1. The standard InChI is InChI=1S/C24H33N5/c1-5-18(3)7-10-24(29-14-13-25-19(4)17-29)21(6-2)28-16-20-8-9-22-23(15-20)27-12-11-26-22/h6-12,15,19,25,28H,5,13-14,16-17H2,1-4H3/b18-7+,21-6+,24-10+. The fourth-order valence-electron chi connectivity index (χ4n) is 3.51. The molecule has 5 heteroatoms. The first-order valence-electron chi connectivity index (χ1n) is 10.6. The molecule has 0 spiro atoms. The van der Waals surface area contributed by atoms with Crippen LogP contribution in [0.25, 0.3) is 11.0 Å². The molecule has 0 amide bonds. The van der Waals surface area contributed by atoms with E-state index < -0.39 is 0 Å². The zero-order valence-corrected chi connectivity index (χ0v) is 18.1. The van der Waals surface area contributed by atoms with Crippen molar-refractivity contribution in [2.45, 2.75) is 46.7 Å². The maximum Gasteiger partial charge on any atom is 0.0890 e. The van der Waals surface area contributed by atoms with Gasteiger partial charge >= 0.3 is 0 Å². The van der Waals surface area contributed by atoms with Gasteiger partial charge in [-0.25, -0.2) is 0 Å². The Balaban J connectivity index is 1.80. The molecule has 154 valence electrons.